The molecule has 0 saturated heterocycles. The number of ether oxygens (including phenoxy) is 2. The van der Waals surface area contributed by atoms with Crippen LogP contribution in [0.4, 0.5) is 0 Å². The van der Waals surface area contributed by atoms with E-state index in [0.717, 1.165) is 30.5 Å². The first-order chi connectivity index (χ1) is 9.31. The summed E-state index contributed by atoms with van der Waals surface area (Å²) < 4.78 is 10.7. The zero-order valence-electron chi connectivity index (χ0n) is 11.9. The lowest BCUT2D eigenvalue weighted by atomic mass is 9.77. The summed E-state index contributed by atoms with van der Waals surface area (Å²) in [7, 11) is 3.40. The van der Waals surface area contributed by atoms with E-state index < -0.39 is 0 Å². The molecule has 2 aliphatic carbocycles. The van der Waals surface area contributed by atoms with Gasteiger partial charge in [0.2, 0.25) is 0 Å². The molecule has 1 fully saturated rings. The molecule has 1 aromatic carbocycles. The highest BCUT2D eigenvalue weighted by atomic mass is 16.5. The van der Waals surface area contributed by atoms with Gasteiger partial charge in [-0.15, -0.1) is 0 Å². The second-order valence-corrected chi connectivity index (χ2v) is 5.70. The Balaban J connectivity index is 1.65. The largest absolute Gasteiger partial charge is 0.493 e. The van der Waals surface area contributed by atoms with Gasteiger partial charge in [-0.1, -0.05) is 12.8 Å². The predicted octanol–water partition coefficient (Wildman–Crippen LogP) is 2.88. The minimum atomic E-state index is 0.649. The van der Waals surface area contributed by atoms with E-state index in [2.05, 4.69) is 17.4 Å². The van der Waals surface area contributed by atoms with Crippen molar-refractivity contribution in [1.29, 1.82) is 0 Å². The van der Waals surface area contributed by atoms with Gasteiger partial charge in [0.1, 0.15) is 0 Å². The Hall–Kier alpha value is -1.22. The summed E-state index contributed by atoms with van der Waals surface area (Å²) in [6, 6.07) is 5.03. The van der Waals surface area contributed by atoms with E-state index >= 15 is 0 Å². The highest BCUT2D eigenvalue weighted by Gasteiger charge is 2.29. The number of nitrogens with one attached hydrogen (secondary N) is 1. The molecule has 0 aliphatic heterocycles. The third-order valence-corrected chi connectivity index (χ3v) is 4.56. The van der Waals surface area contributed by atoms with Gasteiger partial charge in [0.05, 0.1) is 14.2 Å². The molecule has 19 heavy (non-hydrogen) atoms. The lowest BCUT2D eigenvalue weighted by Crippen LogP contribution is -2.34. The van der Waals surface area contributed by atoms with Gasteiger partial charge < -0.3 is 14.8 Å². The summed E-state index contributed by atoms with van der Waals surface area (Å²) in [5, 5.41) is 3.72. The van der Waals surface area contributed by atoms with Crippen LogP contribution < -0.4 is 14.8 Å². The van der Waals surface area contributed by atoms with Crippen molar-refractivity contribution < 1.29 is 9.47 Å². The Morgan fingerprint density at radius 2 is 1.79 bits per heavy atom. The molecule has 0 amide bonds. The van der Waals surface area contributed by atoms with Crippen LogP contribution in [-0.2, 0) is 6.42 Å². The molecule has 0 spiro atoms. The van der Waals surface area contributed by atoms with E-state index in [4.69, 9.17) is 9.47 Å². The molecule has 3 nitrogen and oxygen atoms in total. The van der Waals surface area contributed by atoms with Crippen LogP contribution in [0, 0.1) is 0 Å². The van der Waals surface area contributed by atoms with Gasteiger partial charge >= 0.3 is 0 Å². The molecule has 1 N–H and O–H groups in total. The molecule has 3 heteroatoms. The van der Waals surface area contributed by atoms with Crippen LogP contribution in [0.5, 0.6) is 11.5 Å². The molecule has 104 valence electrons. The summed E-state index contributed by atoms with van der Waals surface area (Å²) in [4.78, 5) is 0. The molecule has 0 radical (unpaired) electrons. The van der Waals surface area contributed by atoms with Crippen LogP contribution in [0.2, 0.25) is 0 Å². The zero-order chi connectivity index (χ0) is 13.2. The van der Waals surface area contributed by atoms with Crippen LogP contribution in [0.3, 0.4) is 0 Å². The molecule has 3 rings (SSSR count). The van der Waals surface area contributed by atoms with Crippen molar-refractivity contribution in [3.63, 3.8) is 0 Å². The monoisotopic (exact) mass is 261 g/mol. The van der Waals surface area contributed by atoms with E-state index in [1.807, 2.05) is 0 Å². The quantitative estimate of drug-likeness (QED) is 0.884. The van der Waals surface area contributed by atoms with E-state index in [-0.39, 0.29) is 0 Å². The fraction of sp³-hybridized carbons (Fsp3) is 0.625. The number of hydrogen-bond donors (Lipinski definition) is 1. The average molecular weight is 261 g/mol. The highest BCUT2D eigenvalue weighted by molar-refractivity contribution is 5.53. The van der Waals surface area contributed by atoms with Crippen LogP contribution in [0.15, 0.2) is 12.1 Å². The second kappa shape index (κ2) is 5.41. The van der Waals surface area contributed by atoms with Crippen molar-refractivity contribution in [3.05, 3.63) is 23.3 Å². The second-order valence-electron chi connectivity index (χ2n) is 5.70. The standard InChI is InChI=1S/C16H23NO2/c1-18-15-8-11-7-12(14(11)9-16(15)19-2)10-17-13-5-3-4-6-13/h8-9,12-13,17H,3-7,10H2,1-2H3/t12-/m1/s1. The van der Waals surface area contributed by atoms with Crippen molar-refractivity contribution in [2.24, 2.45) is 0 Å². The molecule has 2 aliphatic rings. The van der Waals surface area contributed by atoms with Gasteiger partial charge in [-0.2, -0.15) is 0 Å². The Kier molecular flexibility index (Phi) is 3.65. The van der Waals surface area contributed by atoms with Crippen molar-refractivity contribution >= 4 is 0 Å². The Morgan fingerprint density at radius 1 is 1.11 bits per heavy atom. The molecule has 0 heterocycles. The zero-order valence-corrected chi connectivity index (χ0v) is 11.9. The minimum absolute atomic E-state index is 0.649. The molecule has 0 aromatic heterocycles. The Labute approximate surface area is 115 Å². The SMILES string of the molecule is COc1cc2c(cc1OC)[C@@H](CNC1CCCC1)C2. The van der Waals surface area contributed by atoms with Crippen LogP contribution >= 0.6 is 0 Å². The number of hydrogen-bond acceptors (Lipinski definition) is 3. The van der Waals surface area contributed by atoms with Crippen LogP contribution in [-0.4, -0.2) is 26.8 Å². The smallest absolute Gasteiger partial charge is 0.161 e. The van der Waals surface area contributed by atoms with Crippen molar-refractivity contribution in [1.82, 2.24) is 5.32 Å². The molecule has 1 aromatic rings. The van der Waals surface area contributed by atoms with E-state index in [1.165, 1.54) is 36.8 Å². The van der Waals surface area contributed by atoms with E-state index in [0.29, 0.717) is 5.92 Å². The highest BCUT2D eigenvalue weighted by Crippen LogP contribution is 2.42. The van der Waals surface area contributed by atoms with Gasteiger partial charge in [0.25, 0.3) is 0 Å². The first kappa shape index (κ1) is 12.8. The Morgan fingerprint density at radius 3 is 2.47 bits per heavy atom. The molecule has 0 bridgehead atoms. The predicted molar refractivity (Wildman–Crippen MR) is 76.2 cm³/mol. The summed E-state index contributed by atoms with van der Waals surface area (Å²) in [5.74, 6) is 2.35. The van der Waals surface area contributed by atoms with Gasteiger partial charge in [0, 0.05) is 18.5 Å². The summed E-state index contributed by atoms with van der Waals surface area (Å²) in [6.07, 6.45) is 6.65. The van der Waals surface area contributed by atoms with Crippen molar-refractivity contribution in [2.45, 2.75) is 44.1 Å². The minimum Gasteiger partial charge on any atom is -0.493 e. The topological polar surface area (TPSA) is 30.5 Å². The molecular weight excluding hydrogens is 238 g/mol. The molecule has 0 unspecified atom stereocenters. The molecule has 1 atom stereocenters. The lowest BCUT2D eigenvalue weighted by Gasteiger charge is -2.32. The van der Waals surface area contributed by atoms with Gasteiger partial charge in [0.15, 0.2) is 11.5 Å². The van der Waals surface area contributed by atoms with Crippen LogP contribution in [0.25, 0.3) is 0 Å². The molecule has 1 saturated carbocycles. The van der Waals surface area contributed by atoms with E-state index in [9.17, 15) is 0 Å². The maximum atomic E-state index is 5.39. The van der Waals surface area contributed by atoms with Gasteiger partial charge in [-0.05, 0) is 42.5 Å². The lowest BCUT2D eigenvalue weighted by molar-refractivity contribution is 0.351. The summed E-state index contributed by atoms with van der Waals surface area (Å²) in [6.45, 7) is 1.10. The fourth-order valence-corrected chi connectivity index (χ4v) is 3.36. The normalized spacial score (nSPS) is 21.9. The number of methoxy groups -OCH3 is 2. The third kappa shape index (κ3) is 2.44. The maximum Gasteiger partial charge on any atom is 0.161 e. The number of fused-ring (bicyclic) bond motifs is 1. The number of benzene rings is 1. The van der Waals surface area contributed by atoms with Crippen molar-refractivity contribution in [2.75, 3.05) is 20.8 Å². The third-order valence-electron chi connectivity index (χ3n) is 4.56. The molecular formula is C16H23NO2. The van der Waals surface area contributed by atoms with Crippen LogP contribution in [0.1, 0.15) is 42.7 Å². The van der Waals surface area contributed by atoms with Gasteiger partial charge in [-0.25, -0.2) is 0 Å². The average Bonchev–Trinajstić information content (AvgIpc) is 2.92. The summed E-state index contributed by atoms with van der Waals surface area (Å²) in [5.41, 5.74) is 2.85. The van der Waals surface area contributed by atoms with Gasteiger partial charge in [-0.3, -0.25) is 0 Å². The van der Waals surface area contributed by atoms with E-state index in [1.54, 1.807) is 14.2 Å². The number of rotatable bonds is 5. The summed E-state index contributed by atoms with van der Waals surface area (Å²) >= 11 is 0. The first-order valence-electron chi connectivity index (χ1n) is 7.30. The first-order valence-corrected chi connectivity index (χ1v) is 7.30. The van der Waals surface area contributed by atoms with Crippen molar-refractivity contribution in [3.8, 4) is 11.5 Å². The Bertz CT molecular complexity index is 452. The fourth-order valence-electron chi connectivity index (χ4n) is 3.36. The maximum absolute atomic E-state index is 5.39.